The van der Waals surface area contributed by atoms with Crippen LogP contribution in [0.15, 0.2) is 94.3 Å². The first-order valence-corrected chi connectivity index (χ1v) is 8.20. The summed E-state index contributed by atoms with van der Waals surface area (Å²) in [6.45, 7) is 0. The summed E-state index contributed by atoms with van der Waals surface area (Å²) in [5, 5.41) is 3.00. The van der Waals surface area contributed by atoms with Gasteiger partial charge in [-0.15, -0.1) is 0 Å². The van der Waals surface area contributed by atoms with Gasteiger partial charge in [-0.25, -0.2) is 9.98 Å². The molecule has 0 unspecified atom stereocenters. The Morgan fingerprint density at radius 3 is 2.32 bits per heavy atom. The Balaban J connectivity index is 1.93. The van der Waals surface area contributed by atoms with Crippen molar-refractivity contribution < 1.29 is 4.42 Å². The van der Waals surface area contributed by atoms with E-state index in [1.807, 2.05) is 72.8 Å². The highest BCUT2D eigenvalue weighted by Gasteiger charge is 2.14. The van der Waals surface area contributed by atoms with Crippen molar-refractivity contribution >= 4 is 27.6 Å². The van der Waals surface area contributed by atoms with Gasteiger partial charge in [0.15, 0.2) is 11.3 Å². The number of para-hydroxylation sites is 3. The third-order valence-corrected chi connectivity index (χ3v) is 4.28. The Bertz CT molecular complexity index is 1240. The zero-order chi connectivity index (χ0) is 16.6. The Kier molecular flexibility index (Phi) is 3.10. The van der Waals surface area contributed by atoms with Crippen LogP contribution in [0.5, 0.6) is 0 Å². The van der Waals surface area contributed by atoms with Gasteiger partial charge in [0, 0.05) is 16.8 Å². The molecule has 0 fully saturated rings. The highest BCUT2D eigenvalue weighted by molar-refractivity contribution is 5.96. The van der Waals surface area contributed by atoms with Crippen molar-refractivity contribution in [1.82, 2.24) is 4.98 Å². The van der Waals surface area contributed by atoms with E-state index in [4.69, 9.17) is 14.4 Å². The zero-order valence-corrected chi connectivity index (χ0v) is 13.4. The maximum absolute atomic E-state index is 6.11. The fraction of sp³-hybridized carbons (Fsp3) is 0. The maximum atomic E-state index is 6.11. The summed E-state index contributed by atoms with van der Waals surface area (Å²) in [6.07, 6.45) is 0. The Hall–Kier alpha value is -3.46. The lowest BCUT2D eigenvalue weighted by molar-refractivity contribution is 0.613. The summed E-state index contributed by atoms with van der Waals surface area (Å²) in [5.41, 5.74) is 3.41. The van der Waals surface area contributed by atoms with Crippen molar-refractivity contribution in [3.63, 3.8) is 0 Å². The minimum absolute atomic E-state index is 0.743. The third-order valence-electron chi connectivity index (χ3n) is 4.28. The number of hydrogen-bond donors (Lipinski definition) is 0. The summed E-state index contributed by atoms with van der Waals surface area (Å²) >= 11 is 0. The first-order chi connectivity index (χ1) is 12.4. The molecule has 0 atom stereocenters. The highest BCUT2D eigenvalue weighted by Crippen LogP contribution is 2.30. The molecule has 3 aromatic carbocycles. The van der Waals surface area contributed by atoms with Gasteiger partial charge in [0.25, 0.3) is 0 Å². The van der Waals surface area contributed by atoms with Gasteiger partial charge in [0.05, 0.1) is 11.0 Å². The molecule has 0 spiro atoms. The molecule has 2 aliphatic rings. The molecule has 1 aliphatic carbocycles. The number of nitrogens with zero attached hydrogens (tertiary/aromatic N) is 2. The summed E-state index contributed by atoms with van der Waals surface area (Å²) in [6, 6.07) is 27.9. The monoisotopic (exact) mass is 322 g/mol. The first kappa shape index (κ1) is 13.9. The van der Waals surface area contributed by atoms with E-state index in [-0.39, 0.29) is 0 Å². The zero-order valence-electron chi connectivity index (χ0n) is 13.4. The van der Waals surface area contributed by atoms with E-state index in [1.165, 1.54) is 0 Å². The fourth-order valence-electron chi connectivity index (χ4n) is 3.12. The SMILES string of the molecule is c1ccc(N=c2cc3oc4ccccc4nc-3c3ccccc23)cc1. The van der Waals surface area contributed by atoms with Crippen molar-refractivity contribution in [3.8, 4) is 11.5 Å². The standard InChI is InChI=1S/C22H14N2O/c1-2-8-15(9-3-1)23-19-14-21-22(17-11-5-4-10-16(17)19)24-18-12-6-7-13-20(18)25-21/h1-14H. The molecular weight excluding hydrogens is 308 g/mol. The van der Waals surface area contributed by atoms with Crippen LogP contribution >= 0.6 is 0 Å². The number of hydrogen-bond acceptors (Lipinski definition) is 3. The number of aromatic nitrogens is 1. The molecule has 3 aromatic rings. The van der Waals surface area contributed by atoms with Gasteiger partial charge in [0.1, 0.15) is 11.2 Å². The van der Waals surface area contributed by atoms with Crippen LogP contribution in [-0.2, 0) is 0 Å². The molecule has 1 aliphatic heterocycles. The lowest BCUT2D eigenvalue weighted by Gasteiger charge is -2.10. The van der Waals surface area contributed by atoms with Crippen LogP contribution in [0, 0.1) is 0 Å². The molecule has 0 bridgehead atoms. The van der Waals surface area contributed by atoms with E-state index in [9.17, 15) is 0 Å². The van der Waals surface area contributed by atoms with Gasteiger partial charge in [-0.1, -0.05) is 54.6 Å². The molecule has 0 saturated carbocycles. The molecule has 5 rings (SSSR count). The molecule has 3 nitrogen and oxygen atoms in total. The molecule has 0 N–H and O–H groups in total. The summed E-state index contributed by atoms with van der Waals surface area (Å²) < 4.78 is 6.11. The molecule has 0 aromatic heterocycles. The average molecular weight is 322 g/mol. The lowest BCUT2D eigenvalue weighted by atomic mass is 10.0. The third kappa shape index (κ3) is 2.37. The van der Waals surface area contributed by atoms with Crippen LogP contribution in [0.25, 0.3) is 33.3 Å². The average Bonchev–Trinajstić information content (AvgIpc) is 2.68. The molecule has 3 heteroatoms. The van der Waals surface area contributed by atoms with Crippen LogP contribution in [-0.4, -0.2) is 4.98 Å². The van der Waals surface area contributed by atoms with E-state index in [2.05, 4.69) is 12.1 Å². The van der Waals surface area contributed by atoms with Crippen LogP contribution in [0.2, 0.25) is 0 Å². The van der Waals surface area contributed by atoms with Gasteiger partial charge >= 0.3 is 0 Å². The molecule has 1 heterocycles. The van der Waals surface area contributed by atoms with Crippen molar-refractivity contribution in [1.29, 1.82) is 0 Å². The number of rotatable bonds is 1. The Morgan fingerprint density at radius 2 is 1.44 bits per heavy atom. The van der Waals surface area contributed by atoms with Crippen molar-refractivity contribution in [3.05, 3.63) is 90.3 Å². The predicted octanol–water partition coefficient (Wildman–Crippen LogP) is 5.32. The normalized spacial score (nSPS) is 12.2. The van der Waals surface area contributed by atoms with Crippen LogP contribution in [0.4, 0.5) is 5.69 Å². The van der Waals surface area contributed by atoms with Crippen LogP contribution in [0.1, 0.15) is 0 Å². The Morgan fingerprint density at radius 1 is 0.720 bits per heavy atom. The number of benzene rings is 4. The van der Waals surface area contributed by atoms with Crippen molar-refractivity contribution in [2.24, 2.45) is 4.99 Å². The van der Waals surface area contributed by atoms with Gasteiger partial charge in [-0.3, -0.25) is 0 Å². The molecule has 25 heavy (non-hydrogen) atoms. The second-order valence-corrected chi connectivity index (χ2v) is 5.92. The minimum Gasteiger partial charge on any atom is -0.453 e. The molecule has 0 amide bonds. The number of fused-ring (bicyclic) bond motifs is 4. The first-order valence-electron chi connectivity index (χ1n) is 8.20. The quantitative estimate of drug-likeness (QED) is 0.309. The lowest BCUT2D eigenvalue weighted by Crippen LogP contribution is -2.05. The van der Waals surface area contributed by atoms with Gasteiger partial charge in [-0.05, 0) is 24.3 Å². The van der Waals surface area contributed by atoms with Crippen LogP contribution < -0.4 is 5.36 Å². The van der Waals surface area contributed by atoms with Crippen molar-refractivity contribution in [2.45, 2.75) is 0 Å². The van der Waals surface area contributed by atoms with Crippen molar-refractivity contribution in [2.75, 3.05) is 0 Å². The maximum Gasteiger partial charge on any atom is 0.155 e. The largest absolute Gasteiger partial charge is 0.453 e. The van der Waals surface area contributed by atoms with E-state index >= 15 is 0 Å². The van der Waals surface area contributed by atoms with Gasteiger partial charge in [-0.2, -0.15) is 0 Å². The predicted molar refractivity (Wildman–Crippen MR) is 99.8 cm³/mol. The molecule has 118 valence electrons. The molecule has 0 radical (unpaired) electrons. The molecule has 0 saturated heterocycles. The topological polar surface area (TPSA) is 38.4 Å². The minimum atomic E-state index is 0.743. The summed E-state index contributed by atoms with van der Waals surface area (Å²) in [4.78, 5) is 9.63. The summed E-state index contributed by atoms with van der Waals surface area (Å²) in [7, 11) is 0. The highest BCUT2D eigenvalue weighted by atomic mass is 16.3. The fourth-order valence-corrected chi connectivity index (χ4v) is 3.12. The van der Waals surface area contributed by atoms with E-state index in [1.54, 1.807) is 0 Å². The van der Waals surface area contributed by atoms with Gasteiger partial charge in [0.2, 0.25) is 0 Å². The van der Waals surface area contributed by atoms with Crippen LogP contribution in [0.3, 0.4) is 0 Å². The molecular formula is C22H14N2O. The smallest absolute Gasteiger partial charge is 0.155 e. The second kappa shape index (κ2) is 5.56. The summed E-state index contributed by atoms with van der Waals surface area (Å²) in [5.74, 6) is 0.743. The van der Waals surface area contributed by atoms with Gasteiger partial charge < -0.3 is 4.42 Å². The van der Waals surface area contributed by atoms with E-state index < -0.39 is 0 Å². The Labute approximate surface area is 144 Å². The second-order valence-electron chi connectivity index (χ2n) is 5.92. The van der Waals surface area contributed by atoms with E-state index in [0.29, 0.717) is 0 Å². The van der Waals surface area contributed by atoms with E-state index in [0.717, 1.165) is 44.4 Å².